The van der Waals surface area contributed by atoms with E-state index in [0.717, 1.165) is 19.1 Å². The van der Waals surface area contributed by atoms with Crippen molar-refractivity contribution in [2.45, 2.75) is 39.2 Å². The molecule has 0 bridgehead atoms. The molecule has 2 rings (SSSR count). The minimum Gasteiger partial charge on any atom is -0.444 e. The molecule has 2 atom stereocenters. The minimum atomic E-state index is -0.465. The number of amides is 1. The highest BCUT2D eigenvalue weighted by molar-refractivity contribution is 5.72. The standard InChI is InChI=1S/C12H19NO3/c1-11(2,3)16-10(15)13-6-9-4-5-12(9,7-13)8-14/h8-9H,4-7H2,1-3H3. The molecule has 1 saturated carbocycles. The Morgan fingerprint density at radius 3 is 2.56 bits per heavy atom. The molecule has 1 amide bonds. The Balaban J connectivity index is 1.98. The van der Waals surface area contributed by atoms with Gasteiger partial charge in [0.05, 0.1) is 0 Å². The zero-order valence-corrected chi connectivity index (χ0v) is 10.2. The van der Waals surface area contributed by atoms with Gasteiger partial charge < -0.3 is 14.4 Å². The molecule has 90 valence electrons. The highest BCUT2D eigenvalue weighted by atomic mass is 16.6. The van der Waals surface area contributed by atoms with Crippen LogP contribution in [0.2, 0.25) is 0 Å². The number of hydrogen-bond donors (Lipinski definition) is 0. The van der Waals surface area contributed by atoms with Crippen molar-refractivity contribution in [3.63, 3.8) is 0 Å². The van der Waals surface area contributed by atoms with Crippen molar-refractivity contribution < 1.29 is 14.3 Å². The molecule has 16 heavy (non-hydrogen) atoms. The van der Waals surface area contributed by atoms with Crippen molar-refractivity contribution in [3.05, 3.63) is 0 Å². The van der Waals surface area contributed by atoms with Crippen LogP contribution in [0.3, 0.4) is 0 Å². The maximum Gasteiger partial charge on any atom is 0.410 e. The van der Waals surface area contributed by atoms with Crippen molar-refractivity contribution >= 4 is 12.4 Å². The highest BCUT2D eigenvalue weighted by Gasteiger charge is 2.54. The van der Waals surface area contributed by atoms with Crippen LogP contribution in [0.5, 0.6) is 0 Å². The van der Waals surface area contributed by atoms with E-state index in [0.29, 0.717) is 19.0 Å². The smallest absolute Gasteiger partial charge is 0.410 e. The molecule has 1 saturated heterocycles. The number of fused-ring (bicyclic) bond motifs is 1. The quantitative estimate of drug-likeness (QED) is 0.640. The molecule has 2 aliphatic rings. The first kappa shape index (κ1) is 11.4. The van der Waals surface area contributed by atoms with E-state index in [1.807, 2.05) is 20.8 Å². The van der Waals surface area contributed by atoms with E-state index in [2.05, 4.69) is 0 Å². The Kier molecular flexibility index (Phi) is 2.48. The lowest BCUT2D eigenvalue weighted by Gasteiger charge is -2.38. The molecule has 0 aromatic rings. The van der Waals surface area contributed by atoms with Crippen LogP contribution in [0, 0.1) is 11.3 Å². The number of carbonyl (C=O) groups is 2. The van der Waals surface area contributed by atoms with Crippen LogP contribution in [-0.4, -0.2) is 36.0 Å². The summed E-state index contributed by atoms with van der Waals surface area (Å²) < 4.78 is 5.31. The van der Waals surface area contributed by atoms with E-state index in [-0.39, 0.29) is 11.5 Å². The monoisotopic (exact) mass is 225 g/mol. The molecule has 1 aliphatic carbocycles. The van der Waals surface area contributed by atoms with Gasteiger partial charge in [-0.1, -0.05) is 0 Å². The molecule has 0 aromatic heterocycles. The highest BCUT2D eigenvalue weighted by Crippen LogP contribution is 2.50. The van der Waals surface area contributed by atoms with E-state index in [1.54, 1.807) is 4.90 Å². The first-order chi connectivity index (χ1) is 7.36. The molecule has 4 nitrogen and oxygen atoms in total. The molecule has 2 unspecified atom stereocenters. The van der Waals surface area contributed by atoms with Crippen LogP contribution in [0.25, 0.3) is 0 Å². The van der Waals surface area contributed by atoms with Crippen LogP contribution in [0.15, 0.2) is 0 Å². The van der Waals surface area contributed by atoms with E-state index in [1.165, 1.54) is 0 Å². The fraction of sp³-hybridized carbons (Fsp3) is 0.833. The maximum atomic E-state index is 11.8. The zero-order chi connectivity index (χ0) is 12.0. The molecule has 0 aromatic carbocycles. The van der Waals surface area contributed by atoms with Gasteiger partial charge in [-0.05, 0) is 39.5 Å². The van der Waals surface area contributed by atoms with Gasteiger partial charge in [-0.25, -0.2) is 4.79 Å². The van der Waals surface area contributed by atoms with E-state index in [4.69, 9.17) is 4.74 Å². The van der Waals surface area contributed by atoms with Gasteiger partial charge in [0.1, 0.15) is 11.9 Å². The topological polar surface area (TPSA) is 46.6 Å². The largest absolute Gasteiger partial charge is 0.444 e. The molecule has 0 N–H and O–H groups in total. The van der Waals surface area contributed by atoms with Gasteiger partial charge in [-0.15, -0.1) is 0 Å². The number of aldehydes is 1. The Morgan fingerprint density at radius 1 is 1.50 bits per heavy atom. The second-order valence-electron chi connectivity index (χ2n) is 5.95. The zero-order valence-electron chi connectivity index (χ0n) is 10.2. The van der Waals surface area contributed by atoms with Crippen molar-refractivity contribution in [2.75, 3.05) is 13.1 Å². The first-order valence-electron chi connectivity index (χ1n) is 5.81. The van der Waals surface area contributed by atoms with Gasteiger partial charge in [-0.3, -0.25) is 0 Å². The molecule has 1 aliphatic heterocycles. The molecular formula is C12H19NO3. The van der Waals surface area contributed by atoms with Gasteiger partial charge in [-0.2, -0.15) is 0 Å². The fourth-order valence-corrected chi connectivity index (χ4v) is 2.54. The van der Waals surface area contributed by atoms with Crippen LogP contribution in [0.4, 0.5) is 4.79 Å². The van der Waals surface area contributed by atoms with Crippen LogP contribution in [-0.2, 0) is 9.53 Å². The van der Waals surface area contributed by atoms with Crippen molar-refractivity contribution in [1.29, 1.82) is 0 Å². The van der Waals surface area contributed by atoms with Crippen molar-refractivity contribution in [3.8, 4) is 0 Å². The number of ether oxygens (including phenoxy) is 1. The molecule has 4 heteroatoms. The lowest BCUT2D eigenvalue weighted by atomic mass is 9.63. The summed E-state index contributed by atoms with van der Waals surface area (Å²) in [5.41, 5.74) is -0.718. The van der Waals surface area contributed by atoms with Crippen LogP contribution < -0.4 is 0 Å². The third kappa shape index (κ3) is 1.81. The Hall–Kier alpha value is -1.06. The summed E-state index contributed by atoms with van der Waals surface area (Å²) in [4.78, 5) is 24.6. The summed E-state index contributed by atoms with van der Waals surface area (Å²) in [6, 6.07) is 0. The average molecular weight is 225 g/mol. The van der Waals surface area contributed by atoms with Crippen LogP contribution >= 0.6 is 0 Å². The van der Waals surface area contributed by atoms with E-state index in [9.17, 15) is 9.59 Å². The lowest BCUT2D eigenvalue weighted by molar-refractivity contribution is -0.122. The number of rotatable bonds is 1. The van der Waals surface area contributed by atoms with Gasteiger partial charge in [0.15, 0.2) is 0 Å². The molecule has 0 radical (unpaired) electrons. The molecular weight excluding hydrogens is 206 g/mol. The van der Waals surface area contributed by atoms with E-state index < -0.39 is 5.60 Å². The summed E-state index contributed by atoms with van der Waals surface area (Å²) >= 11 is 0. The summed E-state index contributed by atoms with van der Waals surface area (Å²) in [5.74, 6) is 0.359. The number of likely N-dealkylation sites (tertiary alicyclic amines) is 1. The lowest BCUT2D eigenvalue weighted by Crippen LogP contribution is -2.41. The first-order valence-corrected chi connectivity index (χ1v) is 5.81. The van der Waals surface area contributed by atoms with Gasteiger partial charge in [0, 0.05) is 18.5 Å². The Morgan fingerprint density at radius 2 is 2.19 bits per heavy atom. The SMILES string of the molecule is CC(C)(C)OC(=O)N1CC2CCC2(C=O)C1. The second kappa shape index (κ2) is 3.47. The van der Waals surface area contributed by atoms with Gasteiger partial charge in [0.25, 0.3) is 0 Å². The van der Waals surface area contributed by atoms with Crippen molar-refractivity contribution in [1.82, 2.24) is 4.90 Å². The predicted molar refractivity (Wildman–Crippen MR) is 59.0 cm³/mol. The van der Waals surface area contributed by atoms with Gasteiger partial charge in [0.2, 0.25) is 0 Å². The summed E-state index contributed by atoms with van der Waals surface area (Å²) in [7, 11) is 0. The summed E-state index contributed by atoms with van der Waals surface area (Å²) in [6.07, 6.45) is 2.72. The fourth-order valence-electron chi connectivity index (χ4n) is 2.54. The third-order valence-electron chi connectivity index (χ3n) is 3.58. The normalized spacial score (nSPS) is 32.9. The third-order valence-corrected chi connectivity index (χ3v) is 3.58. The Labute approximate surface area is 95.9 Å². The number of carbonyl (C=O) groups excluding carboxylic acids is 2. The molecule has 2 fully saturated rings. The summed E-state index contributed by atoms with van der Waals surface area (Å²) in [6.45, 7) is 6.77. The predicted octanol–water partition coefficient (Wildman–Crippen LogP) is 1.83. The maximum absolute atomic E-state index is 11.8. The Bertz CT molecular complexity index is 321. The second-order valence-corrected chi connectivity index (χ2v) is 5.95. The van der Waals surface area contributed by atoms with Gasteiger partial charge >= 0.3 is 6.09 Å². The number of hydrogen-bond acceptors (Lipinski definition) is 3. The minimum absolute atomic E-state index is 0.253. The van der Waals surface area contributed by atoms with Crippen molar-refractivity contribution in [2.24, 2.45) is 11.3 Å². The molecule has 1 heterocycles. The molecule has 0 spiro atoms. The number of nitrogens with zero attached hydrogens (tertiary/aromatic N) is 1. The average Bonchev–Trinajstić information content (AvgIpc) is 2.37. The van der Waals surface area contributed by atoms with Crippen LogP contribution in [0.1, 0.15) is 33.6 Å². The van der Waals surface area contributed by atoms with E-state index >= 15 is 0 Å². The summed E-state index contributed by atoms with van der Waals surface area (Å²) in [5, 5.41) is 0.